The molecule has 0 atom stereocenters. The van der Waals surface area contributed by atoms with Gasteiger partial charge in [0.1, 0.15) is 5.65 Å². The first-order chi connectivity index (χ1) is 12.0. The molecule has 4 rings (SSSR count). The van der Waals surface area contributed by atoms with Gasteiger partial charge >= 0.3 is 0 Å². The Hall–Kier alpha value is -2.93. The van der Waals surface area contributed by atoms with E-state index in [9.17, 15) is 4.79 Å². The molecule has 0 aliphatic carbocycles. The lowest BCUT2D eigenvalue weighted by atomic mass is 10.3. The Labute approximate surface area is 148 Å². The van der Waals surface area contributed by atoms with Gasteiger partial charge < -0.3 is 9.30 Å². The van der Waals surface area contributed by atoms with Gasteiger partial charge in [0.25, 0.3) is 5.91 Å². The van der Waals surface area contributed by atoms with Crippen LogP contribution in [0.25, 0.3) is 11.2 Å². The quantitative estimate of drug-likeness (QED) is 0.567. The summed E-state index contributed by atoms with van der Waals surface area (Å²) < 4.78 is 3.54. The van der Waals surface area contributed by atoms with Crippen LogP contribution in [-0.4, -0.2) is 41.8 Å². The first kappa shape index (κ1) is 15.6. The maximum atomic E-state index is 12.9. The highest BCUT2D eigenvalue weighted by atomic mass is 35.5. The molecular formula is C17H15ClN6O. The van der Waals surface area contributed by atoms with Crippen LogP contribution in [0.5, 0.6) is 0 Å². The molecule has 4 heterocycles. The predicted octanol–water partition coefficient (Wildman–Crippen LogP) is 2.61. The summed E-state index contributed by atoms with van der Waals surface area (Å²) in [6.07, 6.45) is 6.84. The second kappa shape index (κ2) is 5.86. The second-order valence-corrected chi connectivity index (χ2v) is 6.31. The van der Waals surface area contributed by atoms with E-state index < -0.39 is 0 Å². The minimum absolute atomic E-state index is 0.178. The number of rotatable bonds is 3. The summed E-state index contributed by atoms with van der Waals surface area (Å²) in [5.41, 5.74) is 3.55. The summed E-state index contributed by atoms with van der Waals surface area (Å²) in [6, 6.07) is 5.47. The van der Waals surface area contributed by atoms with Crippen molar-refractivity contribution in [2.45, 2.75) is 13.5 Å². The fourth-order valence-electron chi connectivity index (χ4n) is 2.83. The number of carbonyl (C=O) groups is 1. The van der Waals surface area contributed by atoms with Crippen LogP contribution in [0.2, 0.25) is 5.02 Å². The van der Waals surface area contributed by atoms with E-state index in [1.165, 1.54) is 0 Å². The molecular weight excluding hydrogens is 340 g/mol. The van der Waals surface area contributed by atoms with Crippen molar-refractivity contribution >= 4 is 28.7 Å². The molecule has 0 N–H and O–H groups in total. The Balaban J connectivity index is 1.66. The molecule has 0 bridgehead atoms. The number of pyridine rings is 1. The summed E-state index contributed by atoms with van der Waals surface area (Å²) in [6.45, 7) is 2.27. The van der Waals surface area contributed by atoms with E-state index in [2.05, 4.69) is 15.1 Å². The Kier molecular flexibility index (Phi) is 3.65. The van der Waals surface area contributed by atoms with E-state index in [1.807, 2.05) is 23.5 Å². The van der Waals surface area contributed by atoms with Gasteiger partial charge in [0.15, 0.2) is 5.69 Å². The number of amides is 1. The maximum Gasteiger partial charge on any atom is 0.274 e. The molecule has 0 saturated heterocycles. The molecule has 0 aliphatic heterocycles. The molecule has 4 aromatic rings. The van der Waals surface area contributed by atoms with Gasteiger partial charge in [0, 0.05) is 25.6 Å². The lowest BCUT2D eigenvalue weighted by Gasteiger charge is -2.16. The van der Waals surface area contributed by atoms with Crippen molar-refractivity contribution in [1.29, 1.82) is 0 Å². The van der Waals surface area contributed by atoms with Crippen molar-refractivity contribution in [3.8, 4) is 0 Å². The number of hydrogen-bond donors (Lipinski definition) is 0. The van der Waals surface area contributed by atoms with Crippen LogP contribution in [0.4, 0.5) is 0 Å². The molecule has 0 fully saturated rings. The van der Waals surface area contributed by atoms with E-state index in [0.717, 1.165) is 17.0 Å². The van der Waals surface area contributed by atoms with Crippen molar-refractivity contribution in [2.75, 3.05) is 7.05 Å². The molecule has 0 unspecified atom stereocenters. The molecule has 0 aromatic carbocycles. The normalized spacial score (nSPS) is 11.3. The van der Waals surface area contributed by atoms with Gasteiger partial charge in [-0.25, -0.2) is 14.5 Å². The summed E-state index contributed by atoms with van der Waals surface area (Å²) in [4.78, 5) is 23.1. The van der Waals surface area contributed by atoms with Crippen molar-refractivity contribution < 1.29 is 4.79 Å². The van der Waals surface area contributed by atoms with Crippen LogP contribution < -0.4 is 0 Å². The third-order valence-electron chi connectivity index (χ3n) is 4.01. The lowest BCUT2D eigenvalue weighted by Crippen LogP contribution is -2.28. The van der Waals surface area contributed by atoms with Crippen LogP contribution in [-0.2, 0) is 6.54 Å². The number of fused-ring (bicyclic) bond motifs is 2. The molecule has 0 saturated carbocycles. The number of nitrogens with zero attached hydrogens (tertiary/aromatic N) is 6. The van der Waals surface area contributed by atoms with Crippen LogP contribution >= 0.6 is 11.6 Å². The summed E-state index contributed by atoms with van der Waals surface area (Å²) in [7, 11) is 1.74. The first-order valence-electron chi connectivity index (χ1n) is 7.71. The average molecular weight is 355 g/mol. The van der Waals surface area contributed by atoms with Gasteiger partial charge in [0.2, 0.25) is 0 Å². The van der Waals surface area contributed by atoms with Gasteiger partial charge in [0.05, 0.1) is 34.7 Å². The summed E-state index contributed by atoms with van der Waals surface area (Å²) in [5.74, 6) is -0.178. The van der Waals surface area contributed by atoms with Crippen molar-refractivity contribution in [3.05, 3.63) is 65.1 Å². The monoisotopic (exact) mass is 354 g/mol. The van der Waals surface area contributed by atoms with E-state index in [4.69, 9.17) is 11.6 Å². The van der Waals surface area contributed by atoms with Crippen molar-refractivity contribution in [1.82, 2.24) is 28.9 Å². The highest BCUT2D eigenvalue weighted by molar-refractivity contribution is 6.30. The fraction of sp³-hybridized carbons (Fsp3) is 0.176. The Morgan fingerprint density at radius 3 is 3.00 bits per heavy atom. The zero-order valence-electron chi connectivity index (χ0n) is 13.7. The second-order valence-electron chi connectivity index (χ2n) is 5.88. The standard InChI is InChI=1S/C17H15ClN6O/c1-11-7-14-16(19-5-6-24(14)21-11)17(25)22(2)10-13-8-20-15-4-3-12(18)9-23(13)15/h3-9H,10H2,1-2H3. The predicted molar refractivity (Wildman–Crippen MR) is 93.7 cm³/mol. The van der Waals surface area contributed by atoms with Crippen molar-refractivity contribution in [3.63, 3.8) is 0 Å². The highest BCUT2D eigenvalue weighted by Crippen LogP contribution is 2.16. The topological polar surface area (TPSA) is 67.8 Å². The largest absolute Gasteiger partial charge is 0.334 e. The third-order valence-corrected chi connectivity index (χ3v) is 4.23. The van der Waals surface area contributed by atoms with Gasteiger partial charge in [-0.05, 0) is 25.1 Å². The van der Waals surface area contributed by atoms with Crippen LogP contribution in [0.3, 0.4) is 0 Å². The zero-order valence-corrected chi connectivity index (χ0v) is 14.5. The van der Waals surface area contributed by atoms with E-state index in [1.54, 1.807) is 47.3 Å². The molecule has 1 amide bonds. The number of aryl methyl sites for hydroxylation is 1. The number of aromatic nitrogens is 5. The van der Waals surface area contributed by atoms with Crippen LogP contribution in [0.1, 0.15) is 21.9 Å². The maximum absolute atomic E-state index is 12.9. The fourth-order valence-corrected chi connectivity index (χ4v) is 2.99. The minimum atomic E-state index is -0.178. The minimum Gasteiger partial charge on any atom is -0.334 e. The van der Waals surface area contributed by atoms with Crippen molar-refractivity contribution in [2.24, 2.45) is 0 Å². The Bertz CT molecular complexity index is 1100. The number of imidazole rings is 1. The van der Waals surface area contributed by atoms with Crippen LogP contribution in [0.15, 0.2) is 43.0 Å². The molecule has 126 valence electrons. The van der Waals surface area contributed by atoms with Crippen LogP contribution in [0, 0.1) is 6.92 Å². The zero-order chi connectivity index (χ0) is 17.6. The Morgan fingerprint density at radius 2 is 2.16 bits per heavy atom. The SMILES string of the molecule is Cc1cc2c(C(=O)N(C)Cc3cnc4ccc(Cl)cn34)nccn2n1. The summed E-state index contributed by atoms with van der Waals surface area (Å²) in [5, 5.41) is 4.93. The highest BCUT2D eigenvalue weighted by Gasteiger charge is 2.19. The van der Waals surface area contributed by atoms with E-state index in [0.29, 0.717) is 22.8 Å². The lowest BCUT2D eigenvalue weighted by molar-refractivity contribution is 0.0779. The van der Waals surface area contributed by atoms with Gasteiger partial charge in [-0.2, -0.15) is 5.10 Å². The first-order valence-corrected chi connectivity index (χ1v) is 8.08. The molecule has 7 nitrogen and oxygen atoms in total. The molecule has 0 spiro atoms. The smallest absolute Gasteiger partial charge is 0.274 e. The van der Waals surface area contributed by atoms with Gasteiger partial charge in [-0.1, -0.05) is 11.6 Å². The molecule has 8 heteroatoms. The molecule has 25 heavy (non-hydrogen) atoms. The molecule has 4 aromatic heterocycles. The molecule has 0 aliphatic rings. The average Bonchev–Trinajstić information content (AvgIpc) is 3.16. The summed E-state index contributed by atoms with van der Waals surface area (Å²) >= 11 is 6.06. The van der Waals surface area contributed by atoms with E-state index in [-0.39, 0.29) is 5.91 Å². The number of halogens is 1. The van der Waals surface area contributed by atoms with E-state index >= 15 is 0 Å². The number of carbonyl (C=O) groups excluding carboxylic acids is 1. The van der Waals surface area contributed by atoms with Gasteiger partial charge in [-0.15, -0.1) is 0 Å². The Morgan fingerprint density at radius 1 is 1.32 bits per heavy atom. The third kappa shape index (κ3) is 2.72. The van der Waals surface area contributed by atoms with Gasteiger partial charge in [-0.3, -0.25) is 4.79 Å². The molecule has 0 radical (unpaired) electrons. The number of hydrogen-bond acceptors (Lipinski definition) is 4.